The van der Waals surface area contributed by atoms with E-state index in [9.17, 15) is 14.4 Å². The van der Waals surface area contributed by atoms with Crippen molar-refractivity contribution in [1.29, 1.82) is 0 Å². The molecule has 150 valence electrons. The number of carbonyl (C=O) groups excluding carboxylic acids is 3. The summed E-state index contributed by atoms with van der Waals surface area (Å²) in [5.41, 5.74) is -0.563. The lowest BCUT2D eigenvalue weighted by atomic mass is 9.84. The third-order valence-corrected chi connectivity index (χ3v) is 7.07. The highest BCUT2D eigenvalue weighted by Gasteiger charge is 2.49. The first kappa shape index (κ1) is 19.2. The van der Waals surface area contributed by atoms with E-state index in [2.05, 4.69) is 10.6 Å². The molecule has 7 heteroatoms. The summed E-state index contributed by atoms with van der Waals surface area (Å²) >= 11 is 5.92. The molecule has 5 atom stereocenters. The lowest BCUT2D eigenvalue weighted by Gasteiger charge is -2.29. The first-order valence-corrected chi connectivity index (χ1v) is 10.3. The Labute approximate surface area is 170 Å². The lowest BCUT2D eigenvalue weighted by Crippen LogP contribution is -2.47. The number of carbonyl (C=O) groups is 3. The summed E-state index contributed by atoms with van der Waals surface area (Å²) in [6.45, 7) is 3.41. The fourth-order valence-corrected chi connectivity index (χ4v) is 5.40. The van der Waals surface area contributed by atoms with Crippen molar-refractivity contribution in [3.63, 3.8) is 0 Å². The predicted octanol–water partition coefficient (Wildman–Crippen LogP) is 3.05. The summed E-state index contributed by atoms with van der Waals surface area (Å²) < 4.78 is 0. The van der Waals surface area contributed by atoms with Gasteiger partial charge in [0.2, 0.25) is 5.91 Å². The average molecular weight is 404 g/mol. The largest absolute Gasteiger partial charge is 0.352 e. The van der Waals surface area contributed by atoms with Crippen LogP contribution in [0.15, 0.2) is 24.3 Å². The molecule has 1 aliphatic heterocycles. The second-order valence-corrected chi connectivity index (χ2v) is 9.08. The van der Waals surface area contributed by atoms with Gasteiger partial charge in [0.25, 0.3) is 5.91 Å². The van der Waals surface area contributed by atoms with Crippen LogP contribution in [0.1, 0.15) is 45.1 Å². The van der Waals surface area contributed by atoms with Crippen LogP contribution < -0.4 is 10.6 Å². The second-order valence-electron chi connectivity index (χ2n) is 8.65. The van der Waals surface area contributed by atoms with Crippen LogP contribution in [0, 0.1) is 17.8 Å². The van der Waals surface area contributed by atoms with Crippen molar-refractivity contribution in [2.24, 2.45) is 17.8 Å². The number of nitrogens with zero attached hydrogens (tertiary/aromatic N) is 1. The van der Waals surface area contributed by atoms with Gasteiger partial charge in [-0.15, -0.1) is 0 Å². The molecule has 4 amide bonds. The SMILES string of the molecule is CC(NC(=O)CN1C(=O)NC(C)(c2ccc(Cl)cc2)C1=O)C1CC2CCC1C2. The standard InChI is InChI=1S/C21H26ClN3O3/c1-12(17-10-13-3-4-14(17)9-13)23-18(26)11-25-19(27)21(2,24-20(25)28)15-5-7-16(22)8-6-15/h5-8,12-14,17H,3-4,9-11H2,1-2H3,(H,23,26)(H,24,28). The first-order chi connectivity index (χ1) is 13.3. The van der Waals surface area contributed by atoms with Gasteiger partial charge in [-0.25, -0.2) is 4.79 Å². The van der Waals surface area contributed by atoms with Gasteiger partial charge in [0.15, 0.2) is 0 Å². The maximum absolute atomic E-state index is 12.9. The molecule has 28 heavy (non-hydrogen) atoms. The molecule has 1 aromatic carbocycles. The Kier molecular flexibility index (Phi) is 4.86. The van der Waals surface area contributed by atoms with Crippen LogP contribution in [0.25, 0.3) is 0 Å². The number of fused-ring (bicyclic) bond motifs is 2. The van der Waals surface area contributed by atoms with E-state index in [-0.39, 0.29) is 18.5 Å². The zero-order valence-corrected chi connectivity index (χ0v) is 17.0. The molecule has 2 saturated carbocycles. The predicted molar refractivity (Wildman–Crippen MR) is 106 cm³/mol. The number of urea groups is 1. The summed E-state index contributed by atoms with van der Waals surface area (Å²) in [5.74, 6) is 1.29. The topological polar surface area (TPSA) is 78.5 Å². The Balaban J connectivity index is 1.40. The Hall–Kier alpha value is -2.08. The van der Waals surface area contributed by atoms with Gasteiger partial charge in [-0.3, -0.25) is 14.5 Å². The number of imide groups is 1. The third-order valence-electron chi connectivity index (χ3n) is 6.82. The van der Waals surface area contributed by atoms with E-state index in [1.807, 2.05) is 6.92 Å². The lowest BCUT2D eigenvalue weighted by molar-refractivity contribution is -0.135. The third kappa shape index (κ3) is 3.28. The molecule has 3 fully saturated rings. The minimum Gasteiger partial charge on any atom is -0.352 e. The van der Waals surface area contributed by atoms with Crippen LogP contribution >= 0.6 is 11.6 Å². The molecule has 0 spiro atoms. The van der Waals surface area contributed by atoms with Crippen molar-refractivity contribution in [3.8, 4) is 0 Å². The molecule has 2 aliphatic carbocycles. The maximum Gasteiger partial charge on any atom is 0.325 e. The highest BCUT2D eigenvalue weighted by molar-refractivity contribution is 6.30. The van der Waals surface area contributed by atoms with E-state index in [1.54, 1.807) is 31.2 Å². The van der Waals surface area contributed by atoms with E-state index >= 15 is 0 Å². The molecule has 0 radical (unpaired) electrons. The number of halogens is 1. The van der Waals surface area contributed by atoms with Crippen molar-refractivity contribution in [2.45, 2.75) is 51.1 Å². The molecule has 5 unspecified atom stereocenters. The van der Waals surface area contributed by atoms with Crippen LogP contribution in [0.5, 0.6) is 0 Å². The molecule has 2 N–H and O–H groups in total. The summed E-state index contributed by atoms with van der Waals surface area (Å²) in [4.78, 5) is 38.9. The van der Waals surface area contributed by atoms with Crippen LogP contribution in [0.4, 0.5) is 4.79 Å². The van der Waals surface area contributed by atoms with Gasteiger partial charge in [0, 0.05) is 11.1 Å². The zero-order chi connectivity index (χ0) is 20.1. The van der Waals surface area contributed by atoms with Crippen molar-refractivity contribution in [3.05, 3.63) is 34.9 Å². The van der Waals surface area contributed by atoms with Crippen LogP contribution in [-0.4, -0.2) is 35.3 Å². The minimum atomic E-state index is -1.20. The van der Waals surface area contributed by atoms with Gasteiger partial charge >= 0.3 is 6.03 Å². The average Bonchev–Trinajstić information content (AvgIpc) is 3.33. The van der Waals surface area contributed by atoms with Gasteiger partial charge < -0.3 is 10.6 Å². The number of nitrogens with one attached hydrogen (secondary N) is 2. The second kappa shape index (κ2) is 7.07. The Morgan fingerprint density at radius 3 is 2.61 bits per heavy atom. The Morgan fingerprint density at radius 1 is 1.29 bits per heavy atom. The van der Waals surface area contributed by atoms with Crippen LogP contribution in [0.2, 0.25) is 5.02 Å². The van der Waals surface area contributed by atoms with Crippen LogP contribution in [-0.2, 0) is 15.1 Å². The normalized spacial score (nSPS) is 32.5. The number of hydrogen-bond donors (Lipinski definition) is 2. The molecule has 4 rings (SSSR count). The van der Waals surface area contributed by atoms with E-state index in [0.29, 0.717) is 22.4 Å². The van der Waals surface area contributed by atoms with E-state index in [1.165, 1.54) is 25.7 Å². The highest BCUT2D eigenvalue weighted by Crippen LogP contribution is 2.49. The van der Waals surface area contributed by atoms with E-state index < -0.39 is 17.5 Å². The smallest absolute Gasteiger partial charge is 0.325 e. The van der Waals surface area contributed by atoms with Crippen LogP contribution in [0.3, 0.4) is 0 Å². The molecule has 3 aliphatic rings. The van der Waals surface area contributed by atoms with Crippen molar-refractivity contribution in [2.75, 3.05) is 6.54 Å². The Morgan fingerprint density at radius 2 is 2.00 bits per heavy atom. The number of hydrogen-bond acceptors (Lipinski definition) is 3. The van der Waals surface area contributed by atoms with Gasteiger partial charge in [0.1, 0.15) is 12.1 Å². The molecule has 1 saturated heterocycles. The molecule has 1 heterocycles. The maximum atomic E-state index is 12.9. The molecule has 0 aromatic heterocycles. The summed E-state index contributed by atoms with van der Waals surface area (Å²) in [6.07, 6.45) is 5.01. The molecular weight excluding hydrogens is 378 g/mol. The van der Waals surface area contributed by atoms with Gasteiger partial charge in [-0.05, 0) is 68.6 Å². The first-order valence-electron chi connectivity index (χ1n) is 9.97. The molecular formula is C21H26ClN3O3. The van der Waals surface area contributed by atoms with Gasteiger partial charge in [-0.2, -0.15) is 0 Å². The number of benzene rings is 1. The van der Waals surface area contributed by atoms with E-state index in [4.69, 9.17) is 11.6 Å². The van der Waals surface area contributed by atoms with Crippen molar-refractivity contribution >= 4 is 29.4 Å². The number of amides is 4. The summed E-state index contributed by atoms with van der Waals surface area (Å²) in [6, 6.07) is 6.28. The fraction of sp³-hybridized carbons (Fsp3) is 0.571. The van der Waals surface area contributed by atoms with Gasteiger partial charge in [0.05, 0.1) is 0 Å². The zero-order valence-electron chi connectivity index (χ0n) is 16.2. The summed E-state index contributed by atoms with van der Waals surface area (Å²) in [5, 5.41) is 6.29. The Bertz CT molecular complexity index is 812. The quantitative estimate of drug-likeness (QED) is 0.741. The fourth-order valence-electron chi connectivity index (χ4n) is 5.28. The molecule has 6 nitrogen and oxygen atoms in total. The van der Waals surface area contributed by atoms with Crippen molar-refractivity contribution in [1.82, 2.24) is 15.5 Å². The molecule has 2 bridgehead atoms. The van der Waals surface area contributed by atoms with E-state index in [0.717, 1.165) is 10.8 Å². The highest BCUT2D eigenvalue weighted by atomic mass is 35.5. The monoisotopic (exact) mass is 403 g/mol. The minimum absolute atomic E-state index is 0.0613. The summed E-state index contributed by atoms with van der Waals surface area (Å²) in [7, 11) is 0. The number of rotatable bonds is 5. The van der Waals surface area contributed by atoms with Gasteiger partial charge in [-0.1, -0.05) is 30.2 Å². The van der Waals surface area contributed by atoms with Crippen molar-refractivity contribution < 1.29 is 14.4 Å². The molecule has 1 aromatic rings.